The first kappa shape index (κ1) is 23.8. The Balaban J connectivity index is 1.31. The van der Waals surface area contributed by atoms with Crippen LogP contribution in [0, 0.1) is 27.9 Å². The minimum atomic E-state index is -0.418. The fourth-order valence-electron chi connectivity index (χ4n) is 5.70. The predicted octanol–water partition coefficient (Wildman–Crippen LogP) is 4.50. The molecule has 3 fully saturated rings. The maximum atomic E-state index is 13.1. The zero-order valence-corrected chi connectivity index (χ0v) is 20.5. The van der Waals surface area contributed by atoms with Crippen LogP contribution < -0.4 is 9.80 Å². The Kier molecular flexibility index (Phi) is 6.51. The number of anilines is 2. The van der Waals surface area contributed by atoms with E-state index in [0.29, 0.717) is 48.2 Å². The third-order valence-corrected chi connectivity index (χ3v) is 7.89. The molecule has 5 rings (SSSR count). The van der Waals surface area contributed by atoms with Gasteiger partial charge in [-0.25, -0.2) is 4.90 Å². The van der Waals surface area contributed by atoms with Crippen LogP contribution in [-0.4, -0.2) is 47.8 Å². The Bertz CT molecular complexity index is 1150. The number of imide groups is 1. The van der Waals surface area contributed by atoms with E-state index in [4.69, 9.17) is 11.6 Å². The van der Waals surface area contributed by atoms with Crippen LogP contribution in [0.15, 0.2) is 42.5 Å². The molecule has 3 atom stereocenters. The molecule has 2 saturated heterocycles. The fraction of sp³-hybridized carbons (Fsp3) is 0.462. The molecule has 0 bridgehead atoms. The Hall–Kier alpha value is -2.97. The van der Waals surface area contributed by atoms with Crippen LogP contribution in [0.5, 0.6) is 0 Å². The fourth-order valence-corrected chi connectivity index (χ4v) is 5.83. The van der Waals surface area contributed by atoms with E-state index in [2.05, 4.69) is 11.8 Å². The number of nitro benzene ring substituents is 1. The smallest absolute Gasteiger partial charge is 0.294 e. The number of fused-ring (bicyclic) bond motifs is 1. The monoisotopic (exact) mass is 496 g/mol. The molecule has 0 N–H and O–H groups in total. The number of halogens is 1. The van der Waals surface area contributed by atoms with E-state index < -0.39 is 4.92 Å². The van der Waals surface area contributed by atoms with Crippen LogP contribution in [0.25, 0.3) is 0 Å². The van der Waals surface area contributed by atoms with Gasteiger partial charge in [-0.05, 0) is 55.0 Å². The molecule has 1 aliphatic carbocycles. The summed E-state index contributed by atoms with van der Waals surface area (Å²) >= 11 is 5.97. The summed E-state index contributed by atoms with van der Waals surface area (Å²) < 4.78 is 0. The van der Waals surface area contributed by atoms with Crippen LogP contribution in [0.1, 0.15) is 31.7 Å². The molecular weight excluding hydrogens is 468 g/mol. The molecule has 35 heavy (non-hydrogen) atoms. The number of rotatable bonds is 5. The second kappa shape index (κ2) is 9.59. The number of nitrogens with zero attached hydrogens (tertiary/aromatic N) is 4. The lowest BCUT2D eigenvalue weighted by Crippen LogP contribution is -2.46. The van der Waals surface area contributed by atoms with Gasteiger partial charge in [0, 0.05) is 43.8 Å². The molecule has 0 radical (unpaired) electrons. The number of nitro groups is 1. The van der Waals surface area contributed by atoms with Crippen molar-refractivity contribution in [2.45, 2.75) is 32.7 Å². The van der Waals surface area contributed by atoms with Crippen molar-refractivity contribution in [3.8, 4) is 0 Å². The van der Waals surface area contributed by atoms with Crippen LogP contribution in [0.3, 0.4) is 0 Å². The molecule has 2 aromatic carbocycles. The highest BCUT2D eigenvalue weighted by Crippen LogP contribution is 2.43. The number of piperazine rings is 1. The highest BCUT2D eigenvalue weighted by Gasteiger charge is 2.50. The van der Waals surface area contributed by atoms with E-state index in [1.54, 1.807) is 12.1 Å². The van der Waals surface area contributed by atoms with Gasteiger partial charge in [0.15, 0.2) is 0 Å². The summed E-state index contributed by atoms with van der Waals surface area (Å²) in [5, 5.41) is 12.7. The van der Waals surface area contributed by atoms with Crippen molar-refractivity contribution in [2.24, 2.45) is 17.8 Å². The lowest BCUT2D eigenvalue weighted by Gasteiger charge is -2.36. The molecule has 0 unspecified atom stereocenters. The van der Waals surface area contributed by atoms with Gasteiger partial charge in [0.05, 0.1) is 22.4 Å². The predicted molar refractivity (Wildman–Crippen MR) is 135 cm³/mol. The number of hydrogen-bond donors (Lipinski definition) is 0. The number of carbonyl (C=O) groups excluding carboxylic acids is 2. The van der Waals surface area contributed by atoms with Crippen LogP contribution in [-0.2, 0) is 16.1 Å². The minimum Gasteiger partial charge on any atom is -0.363 e. The molecule has 0 spiro atoms. The lowest BCUT2D eigenvalue weighted by molar-refractivity contribution is -0.384. The minimum absolute atomic E-state index is 0.0718. The van der Waals surface area contributed by atoms with Gasteiger partial charge in [-0.15, -0.1) is 0 Å². The van der Waals surface area contributed by atoms with Crippen molar-refractivity contribution >= 4 is 40.5 Å². The standard InChI is InChI=1S/C26H29ClN4O4/c1-17-2-8-21-22(14-17)26(33)30(25(21)32)20-7-9-23(24(15-20)31(34)35)29-12-10-28(11-13-29)16-18-3-5-19(27)6-4-18/h3-7,9,15,17,21-22H,2,8,10-14,16H2,1H3/t17-,21-,22-/m1/s1. The van der Waals surface area contributed by atoms with Crippen molar-refractivity contribution in [2.75, 3.05) is 36.0 Å². The third-order valence-electron chi connectivity index (χ3n) is 7.63. The van der Waals surface area contributed by atoms with Gasteiger partial charge in [0.1, 0.15) is 5.69 Å². The van der Waals surface area contributed by atoms with Gasteiger partial charge in [0.25, 0.3) is 5.69 Å². The summed E-state index contributed by atoms with van der Waals surface area (Å²) in [5.74, 6) is -0.637. The second-order valence-electron chi connectivity index (χ2n) is 9.96. The first-order valence-corrected chi connectivity index (χ1v) is 12.6. The summed E-state index contributed by atoms with van der Waals surface area (Å²) in [6.45, 7) is 5.74. The van der Waals surface area contributed by atoms with E-state index in [0.717, 1.165) is 26.1 Å². The van der Waals surface area contributed by atoms with Crippen LogP contribution >= 0.6 is 11.6 Å². The Morgan fingerprint density at radius 3 is 2.34 bits per heavy atom. The van der Waals surface area contributed by atoms with E-state index in [-0.39, 0.29) is 29.3 Å². The largest absolute Gasteiger partial charge is 0.363 e. The van der Waals surface area contributed by atoms with Crippen LogP contribution in [0.4, 0.5) is 17.1 Å². The van der Waals surface area contributed by atoms with Gasteiger partial charge < -0.3 is 4.90 Å². The molecule has 8 nitrogen and oxygen atoms in total. The van der Waals surface area contributed by atoms with Crippen molar-refractivity contribution in [1.82, 2.24) is 4.90 Å². The Morgan fingerprint density at radius 1 is 0.971 bits per heavy atom. The highest BCUT2D eigenvalue weighted by molar-refractivity contribution is 6.30. The number of amides is 2. The quantitative estimate of drug-likeness (QED) is 0.344. The molecule has 9 heteroatoms. The summed E-state index contributed by atoms with van der Waals surface area (Å²) in [4.78, 5) is 43.2. The first-order chi connectivity index (χ1) is 16.8. The van der Waals surface area contributed by atoms with Gasteiger partial charge in [-0.1, -0.05) is 30.7 Å². The number of carbonyl (C=O) groups is 2. The zero-order valence-electron chi connectivity index (χ0n) is 19.7. The molecule has 2 aliphatic heterocycles. The van der Waals surface area contributed by atoms with Crippen molar-refractivity contribution in [3.63, 3.8) is 0 Å². The molecule has 1 saturated carbocycles. The van der Waals surface area contributed by atoms with Gasteiger partial charge in [-0.2, -0.15) is 0 Å². The average molecular weight is 497 g/mol. The average Bonchev–Trinajstić information content (AvgIpc) is 3.09. The van der Waals surface area contributed by atoms with E-state index in [1.807, 2.05) is 29.2 Å². The molecule has 2 heterocycles. The molecule has 184 valence electrons. The maximum absolute atomic E-state index is 13.1. The summed E-state index contributed by atoms with van der Waals surface area (Å²) in [6, 6.07) is 12.5. The van der Waals surface area contributed by atoms with Gasteiger partial charge >= 0.3 is 0 Å². The highest BCUT2D eigenvalue weighted by atomic mass is 35.5. The summed E-state index contributed by atoms with van der Waals surface area (Å²) in [6.07, 6.45) is 2.33. The van der Waals surface area contributed by atoms with E-state index in [1.165, 1.54) is 16.5 Å². The van der Waals surface area contributed by atoms with Crippen molar-refractivity contribution in [3.05, 3.63) is 63.2 Å². The SMILES string of the molecule is C[C@@H]1CC[C@H]2C(=O)N(c3ccc(N4CCN(Cc5ccc(Cl)cc5)CC4)c([N+](=O)[O-])c3)C(=O)[C@@H]2C1. The third kappa shape index (κ3) is 4.65. The normalized spacial score (nSPS) is 25.1. The van der Waals surface area contributed by atoms with E-state index in [9.17, 15) is 19.7 Å². The zero-order chi connectivity index (χ0) is 24.7. The van der Waals surface area contributed by atoms with Crippen LogP contribution in [0.2, 0.25) is 5.02 Å². The maximum Gasteiger partial charge on any atom is 0.294 e. The number of benzene rings is 2. The summed E-state index contributed by atoms with van der Waals surface area (Å²) in [5.41, 5.74) is 1.93. The van der Waals surface area contributed by atoms with Gasteiger partial charge in [-0.3, -0.25) is 24.6 Å². The Morgan fingerprint density at radius 2 is 1.66 bits per heavy atom. The molecule has 3 aliphatic rings. The van der Waals surface area contributed by atoms with Crippen molar-refractivity contribution < 1.29 is 14.5 Å². The molecular formula is C26H29ClN4O4. The first-order valence-electron chi connectivity index (χ1n) is 12.2. The number of hydrogen-bond acceptors (Lipinski definition) is 6. The lowest BCUT2D eigenvalue weighted by atomic mass is 9.76. The molecule has 0 aromatic heterocycles. The second-order valence-corrected chi connectivity index (χ2v) is 10.4. The topological polar surface area (TPSA) is 87.0 Å². The van der Waals surface area contributed by atoms with Gasteiger partial charge in [0.2, 0.25) is 11.8 Å². The van der Waals surface area contributed by atoms with Crippen molar-refractivity contribution in [1.29, 1.82) is 0 Å². The van der Waals surface area contributed by atoms with E-state index >= 15 is 0 Å². The summed E-state index contributed by atoms with van der Waals surface area (Å²) in [7, 11) is 0. The molecule has 2 amide bonds. The molecule has 2 aromatic rings. The Labute approximate surface area is 209 Å².